The van der Waals surface area contributed by atoms with Crippen molar-refractivity contribution in [2.75, 3.05) is 32.8 Å². The third kappa shape index (κ3) is 3.25. The molecule has 2 aliphatic heterocycles. The van der Waals surface area contributed by atoms with Crippen molar-refractivity contribution in [3.05, 3.63) is 0 Å². The van der Waals surface area contributed by atoms with Crippen LogP contribution >= 0.6 is 0 Å². The molecule has 0 aromatic carbocycles. The minimum Gasteiger partial charge on any atom is -0.378 e. The van der Waals surface area contributed by atoms with Gasteiger partial charge in [0.1, 0.15) is 0 Å². The highest BCUT2D eigenvalue weighted by atomic mass is 16.5. The summed E-state index contributed by atoms with van der Waals surface area (Å²) in [5.41, 5.74) is 0. The molecule has 0 aromatic heterocycles. The third-order valence-electron chi connectivity index (χ3n) is 5.00. The minimum absolute atomic E-state index is 0.610. The Morgan fingerprint density at radius 1 is 1.00 bits per heavy atom. The molecule has 0 spiro atoms. The molecule has 1 N–H and O–H groups in total. The van der Waals surface area contributed by atoms with Crippen LogP contribution in [-0.2, 0) is 4.74 Å². The lowest BCUT2D eigenvalue weighted by atomic mass is 9.93. The normalized spacial score (nSPS) is 32.3. The first-order valence-corrected chi connectivity index (χ1v) is 7.98. The van der Waals surface area contributed by atoms with E-state index in [1.807, 2.05) is 0 Å². The fourth-order valence-electron chi connectivity index (χ4n) is 3.55. The summed E-state index contributed by atoms with van der Waals surface area (Å²) in [5.74, 6) is 0.800. The Morgan fingerprint density at radius 3 is 2.56 bits per heavy atom. The molecule has 3 rings (SSSR count). The van der Waals surface area contributed by atoms with E-state index in [0.717, 1.165) is 18.6 Å². The van der Waals surface area contributed by atoms with Gasteiger partial charge in [-0.2, -0.15) is 0 Å². The van der Waals surface area contributed by atoms with Crippen LogP contribution in [0.25, 0.3) is 0 Å². The quantitative estimate of drug-likeness (QED) is 0.828. The van der Waals surface area contributed by atoms with Crippen molar-refractivity contribution in [1.29, 1.82) is 0 Å². The molecule has 0 amide bonds. The van der Waals surface area contributed by atoms with Gasteiger partial charge in [0.2, 0.25) is 0 Å². The van der Waals surface area contributed by atoms with Crippen molar-refractivity contribution in [3.8, 4) is 0 Å². The number of nitrogens with zero attached hydrogens (tertiary/aromatic N) is 1. The van der Waals surface area contributed by atoms with Crippen LogP contribution in [0, 0.1) is 5.92 Å². The maximum Gasteiger partial charge on any atom is 0.0575 e. The largest absolute Gasteiger partial charge is 0.378 e. The average Bonchev–Trinajstić information content (AvgIpc) is 2.38. The van der Waals surface area contributed by atoms with Gasteiger partial charge < -0.3 is 10.1 Å². The maximum absolute atomic E-state index is 6.01. The predicted molar refractivity (Wildman–Crippen MR) is 73.8 cm³/mol. The van der Waals surface area contributed by atoms with Crippen LogP contribution < -0.4 is 5.32 Å². The standard InChI is InChI=1S/C15H28N2O/c1-4-15(5-1)18-12-13-3-2-10-17(11-13)14-6-8-16-9-7-14/h13-16H,1-12H2. The van der Waals surface area contributed by atoms with Gasteiger partial charge in [0, 0.05) is 12.6 Å². The summed E-state index contributed by atoms with van der Waals surface area (Å²) in [6, 6.07) is 0.845. The van der Waals surface area contributed by atoms with Crippen molar-refractivity contribution < 1.29 is 4.74 Å². The van der Waals surface area contributed by atoms with E-state index in [0.29, 0.717) is 6.10 Å². The molecule has 1 saturated carbocycles. The van der Waals surface area contributed by atoms with Crippen molar-refractivity contribution in [1.82, 2.24) is 10.2 Å². The molecule has 0 radical (unpaired) electrons. The Hall–Kier alpha value is -0.120. The molecule has 3 heteroatoms. The van der Waals surface area contributed by atoms with Crippen LogP contribution in [-0.4, -0.2) is 49.8 Å². The van der Waals surface area contributed by atoms with Crippen LogP contribution in [0.2, 0.25) is 0 Å². The number of ether oxygens (including phenoxy) is 1. The second-order valence-corrected chi connectivity index (χ2v) is 6.37. The molecule has 0 aromatic rings. The first-order chi connectivity index (χ1) is 8.92. The fraction of sp³-hybridized carbons (Fsp3) is 1.00. The Bertz CT molecular complexity index is 249. The van der Waals surface area contributed by atoms with Gasteiger partial charge in [-0.05, 0) is 70.5 Å². The molecule has 3 fully saturated rings. The van der Waals surface area contributed by atoms with Crippen molar-refractivity contribution in [2.24, 2.45) is 5.92 Å². The van der Waals surface area contributed by atoms with Crippen LogP contribution in [0.5, 0.6) is 0 Å². The second kappa shape index (κ2) is 6.36. The highest BCUT2D eigenvalue weighted by Gasteiger charge is 2.28. The number of hydrogen-bond acceptors (Lipinski definition) is 3. The Balaban J connectivity index is 1.42. The van der Waals surface area contributed by atoms with E-state index in [1.54, 1.807) is 0 Å². The Kier molecular flexibility index (Phi) is 4.55. The highest BCUT2D eigenvalue weighted by molar-refractivity contribution is 4.83. The molecule has 2 saturated heterocycles. The molecule has 1 aliphatic carbocycles. The van der Waals surface area contributed by atoms with Gasteiger partial charge in [0.25, 0.3) is 0 Å². The summed E-state index contributed by atoms with van der Waals surface area (Å²) in [5, 5.41) is 3.47. The molecule has 0 bridgehead atoms. The summed E-state index contributed by atoms with van der Waals surface area (Å²) in [4.78, 5) is 2.75. The zero-order valence-electron chi connectivity index (χ0n) is 11.6. The van der Waals surface area contributed by atoms with E-state index in [9.17, 15) is 0 Å². The summed E-state index contributed by atoms with van der Waals surface area (Å²) in [6.07, 6.45) is 10.1. The zero-order chi connectivity index (χ0) is 12.2. The van der Waals surface area contributed by atoms with Gasteiger partial charge >= 0.3 is 0 Å². The Labute approximate surface area is 111 Å². The molecular formula is C15H28N2O. The van der Waals surface area contributed by atoms with E-state index < -0.39 is 0 Å². The monoisotopic (exact) mass is 252 g/mol. The molecule has 1 atom stereocenters. The SMILES string of the molecule is C1CC(OCC2CCCN(C3CCNCC3)C2)C1. The minimum atomic E-state index is 0.610. The van der Waals surface area contributed by atoms with Crippen LogP contribution in [0.4, 0.5) is 0 Å². The maximum atomic E-state index is 6.01. The van der Waals surface area contributed by atoms with Crippen LogP contribution in [0.15, 0.2) is 0 Å². The van der Waals surface area contributed by atoms with E-state index in [4.69, 9.17) is 4.74 Å². The summed E-state index contributed by atoms with van der Waals surface area (Å²) >= 11 is 0. The number of likely N-dealkylation sites (tertiary alicyclic amines) is 1. The predicted octanol–water partition coefficient (Wildman–Crippen LogP) is 2.02. The van der Waals surface area contributed by atoms with Gasteiger partial charge in [-0.25, -0.2) is 0 Å². The number of nitrogens with one attached hydrogen (secondary N) is 1. The van der Waals surface area contributed by atoms with Crippen LogP contribution in [0.1, 0.15) is 44.9 Å². The van der Waals surface area contributed by atoms with E-state index in [2.05, 4.69) is 10.2 Å². The highest BCUT2D eigenvalue weighted by Crippen LogP contribution is 2.26. The van der Waals surface area contributed by atoms with Gasteiger partial charge in [0.05, 0.1) is 12.7 Å². The first kappa shape index (κ1) is 12.9. The molecule has 2 heterocycles. The molecule has 3 aliphatic rings. The lowest BCUT2D eigenvalue weighted by Gasteiger charge is -2.40. The first-order valence-electron chi connectivity index (χ1n) is 7.98. The van der Waals surface area contributed by atoms with E-state index in [-0.39, 0.29) is 0 Å². The molecule has 104 valence electrons. The van der Waals surface area contributed by atoms with Gasteiger partial charge in [0.15, 0.2) is 0 Å². The molecule has 3 nitrogen and oxygen atoms in total. The second-order valence-electron chi connectivity index (χ2n) is 6.37. The number of hydrogen-bond donors (Lipinski definition) is 1. The lowest BCUT2D eigenvalue weighted by Crippen LogP contribution is -2.48. The van der Waals surface area contributed by atoms with Gasteiger partial charge in [-0.15, -0.1) is 0 Å². The summed E-state index contributed by atoms with van der Waals surface area (Å²) in [6.45, 7) is 6.06. The van der Waals surface area contributed by atoms with Crippen molar-refractivity contribution in [3.63, 3.8) is 0 Å². The fourth-order valence-corrected chi connectivity index (χ4v) is 3.55. The molecule has 1 unspecified atom stereocenters. The average molecular weight is 252 g/mol. The topological polar surface area (TPSA) is 24.5 Å². The summed E-state index contributed by atoms with van der Waals surface area (Å²) < 4.78 is 6.01. The molecular weight excluding hydrogens is 224 g/mol. The van der Waals surface area contributed by atoms with E-state index >= 15 is 0 Å². The van der Waals surface area contributed by atoms with Crippen molar-refractivity contribution >= 4 is 0 Å². The third-order valence-corrected chi connectivity index (χ3v) is 5.00. The van der Waals surface area contributed by atoms with Crippen molar-refractivity contribution in [2.45, 2.75) is 57.1 Å². The zero-order valence-corrected chi connectivity index (χ0v) is 11.6. The summed E-state index contributed by atoms with van der Waals surface area (Å²) in [7, 11) is 0. The lowest BCUT2D eigenvalue weighted by molar-refractivity contribution is -0.0329. The van der Waals surface area contributed by atoms with Gasteiger partial charge in [-0.1, -0.05) is 0 Å². The van der Waals surface area contributed by atoms with Gasteiger partial charge in [-0.3, -0.25) is 4.90 Å². The number of rotatable bonds is 4. The molecule has 18 heavy (non-hydrogen) atoms. The Morgan fingerprint density at radius 2 is 1.83 bits per heavy atom. The van der Waals surface area contributed by atoms with Crippen LogP contribution in [0.3, 0.4) is 0 Å². The van der Waals surface area contributed by atoms with E-state index in [1.165, 1.54) is 71.1 Å². The number of piperidine rings is 2. The smallest absolute Gasteiger partial charge is 0.0575 e.